The topological polar surface area (TPSA) is 71.7 Å². The van der Waals surface area contributed by atoms with E-state index >= 15 is 0 Å². The molecule has 0 bridgehead atoms. The van der Waals surface area contributed by atoms with Gasteiger partial charge in [0.15, 0.2) is 5.76 Å². The number of rotatable bonds is 1. The van der Waals surface area contributed by atoms with E-state index in [1.54, 1.807) is 10.8 Å². The number of allylic oxidation sites excluding steroid dienone is 1. The van der Waals surface area contributed by atoms with Crippen LogP contribution in [0.2, 0.25) is 0 Å². The van der Waals surface area contributed by atoms with Crippen LogP contribution in [0.3, 0.4) is 0 Å². The third-order valence-corrected chi connectivity index (χ3v) is 3.18. The Morgan fingerprint density at radius 1 is 1.20 bits per heavy atom. The molecule has 0 saturated carbocycles. The smallest absolute Gasteiger partial charge is 0.237 e. The monoisotopic (exact) mass is 271 g/mol. The summed E-state index contributed by atoms with van der Waals surface area (Å²) < 4.78 is 7.20. The average molecular weight is 271 g/mol. The maximum Gasteiger partial charge on any atom is 0.237 e. The van der Waals surface area contributed by atoms with Gasteiger partial charge in [0.1, 0.15) is 22.8 Å². The number of Topliss-reactive ketones (excluding diaryl/α,β-unsaturated/α-hetero) is 1. The molecule has 0 unspecified atom stereocenters. The van der Waals surface area contributed by atoms with Gasteiger partial charge in [0.05, 0.1) is 6.20 Å². The van der Waals surface area contributed by atoms with Gasteiger partial charge in [-0.2, -0.15) is 0 Å². The molecule has 3 rings (SSSR count). The summed E-state index contributed by atoms with van der Waals surface area (Å²) in [4.78, 5) is 12.2. The maximum atomic E-state index is 12.2. The van der Waals surface area contributed by atoms with E-state index in [0.29, 0.717) is 0 Å². The summed E-state index contributed by atoms with van der Waals surface area (Å²) in [5, 5.41) is 19.1. The largest absolute Gasteiger partial charge is 0.508 e. The first-order valence-electron chi connectivity index (χ1n) is 6.11. The second-order valence-corrected chi connectivity index (χ2v) is 4.83. The Morgan fingerprint density at radius 3 is 2.60 bits per heavy atom. The number of fused-ring (bicyclic) bond motifs is 1. The molecule has 1 aliphatic rings. The number of aromatic hydroxyl groups is 2. The van der Waals surface area contributed by atoms with Crippen molar-refractivity contribution in [2.45, 2.75) is 13.8 Å². The average Bonchev–Trinajstić information content (AvgIpc) is 2.81. The van der Waals surface area contributed by atoms with Crippen LogP contribution in [0.15, 0.2) is 30.2 Å². The van der Waals surface area contributed by atoms with Crippen molar-refractivity contribution in [3.05, 3.63) is 47.0 Å². The van der Waals surface area contributed by atoms with Gasteiger partial charge in [0, 0.05) is 24.0 Å². The molecular formula is C15H13NO4. The van der Waals surface area contributed by atoms with E-state index < -0.39 is 5.78 Å². The van der Waals surface area contributed by atoms with Gasteiger partial charge < -0.3 is 19.5 Å². The number of benzene rings is 1. The highest BCUT2D eigenvalue weighted by Crippen LogP contribution is 2.40. The Kier molecular flexibility index (Phi) is 2.57. The summed E-state index contributed by atoms with van der Waals surface area (Å²) in [6, 6.07) is 4.41. The minimum Gasteiger partial charge on any atom is -0.508 e. The standard InChI is InChI=1S/C15H13NO4/c1-8-3-9(2)16(6-8)7-13-15(19)14-11(18)4-10(17)5-12(14)20-13/h3-7,17-18H,1-2H3/b13-7-. The Balaban J connectivity index is 2.06. The highest BCUT2D eigenvalue weighted by Gasteiger charge is 2.31. The Morgan fingerprint density at radius 2 is 1.95 bits per heavy atom. The number of carbonyl (C=O) groups excluding carboxylic acids is 1. The van der Waals surface area contributed by atoms with Crippen LogP contribution in [-0.2, 0) is 0 Å². The zero-order valence-electron chi connectivity index (χ0n) is 11.0. The molecule has 0 saturated heterocycles. The minimum atomic E-state index is -0.400. The van der Waals surface area contributed by atoms with Gasteiger partial charge in [-0.05, 0) is 25.5 Å². The zero-order valence-corrected chi connectivity index (χ0v) is 11.0. The van der Waals surface area contributed by atoms with Crippen LogP contribution in [0.25, 0.3) is 6.20 Å². The molecule has 0 amide bonds. The van der Waals surface area contributed by atoms with Crippen LogP contribution in [-0.4, -0.2) is 20.6 Å². The van der Waals surface area contributed by atoms with Gasteiger partial charge in [-0.3, -0.25) is 4.79 Å². The van der Waals surface area contributed by atoms with Crippen LogP contribution in [0.5, 0.6) is 17.2 Å². The minimum absolute atomic E-state index is 0.0792. The number of nitrogens with zero attached hydrogens (tertiary/aromatic N) is 1. The second kappa shape index (κ2) is 4.16. The highest BCUT2D eigenvalue weighted by atomic mass is 16.5. The van der Waals surface area contributed by atoms with Crippen molar-refractivity contribution >= 4 is 12.0 Å². The number of hydrogen-bond acceptors (Lipinski definition) is 4. The molecule has 1 aromatic carbocycles. The highest BCUT2D eigenvalue weighted by molar-refractivity contribution is 6.15. The van der Waals surface area contributed by atoms with Crippen LogP contribution in [0.1, 0.15) is 21.6 Å². The lowest BCUT2D eigenvalue weighted by Crippen LogP contribution is -2.01. The Labute approximate surface area is 115 Å². The van der Waals surface area contributed by atoms with Crippen molar-refractivity contribution in [3.63, 3.8) is 0 Å². The first-order chi connectivity index (χ1) is 9.45. The van der Waals surface area contributed by atoms with E-state index in [-0.39, 0.29) is 28.6 Å². The summed E-state index contributed by atoms with van der Waals surface area (Å²) in [6.45, 7) is 3.87. The van der Waals surface area contributed by atoms with Crippen molar-refractivity contribution in [1.29, 1.82) is 0 Å². The van der Waals surface area contributed by atoms with Gasteiger partial charge in [-0.1, -0.05) is 0 Å². The number of ketones is 1. The first-order valence-corrected chi connectivity index (χ1v) is 6.11. The molecule has 1 aliphatic heterocycles. The Bertz CT molecular complexity index is 755. The van der Waals surface area contributed by atoms with Gasteiger partial charge >= 0.3 is 0 Å². The van der Waals surface area contributed by atoms with Crippen molar-refractivity contribution in [2.75, 3.05) is 0 Å². The lowest BCUT2D eigenvalue weighted by Gasteiger charge is -2.01. The van der Waals surface area contributed by atoms with E-state index in [1.165, 1.54) is 6.07 Å². The summed E-state index contributed by atoms with van der Waals surface area (Å²) in [6.07, 6.45) is 3.44. The normalized spacial score (nSPS) is 15.5. The molecule has 0 aliphatic carbocycles. The fourth-order valence-corrected chi connectivity index (χ4v) is 2.30. The number of hydrogen-bond donors (Lipinski definition) is 2. The molecule has 2 aromatic rings. The fourth-order valence-electron chi connectivity index (χ4n) is 2.30. The Hall–Kier alpha value is -2.69. The number of aryl methyl sites for hydroxylation is 2. The second-order valence-electron chi connectivity index (χ2n) is 4.83. The van der Waals surface area contributed by atoms with E-state index in [2.05, 4.69) is 0 Å². The van der Waals surface area contributed by atoms with Gasteiger partial charge in [-0.15, -0.1) is 0 Å². The molecule has 5 heteroatoms. The van der Waals surface area contributed by atoms with E-state index in [4.69, 9.17) is 4.74 Å². The molecule has 0 atom stereocenters. The summed E-state index contributed by atoms with van der Waals surface area (Å²) in [7, 11) is 0. The molecule has 0 spiro atoms. The summed E-state index contributed by atoms with van der Waals surface area (Å²) >= 11 is 0. The predicted octanol–water partition coefficient (Wildman–Crippen LogP) is 2.59. The van der Waals surface area contributed by atoms with Crippen molar-refractivity contribution in [3.8, 4) is 17.2 Å². The summed E-state index contributed by atoms with van der Waals surface area (Å²) in [5.41, 5.74) is 2.12. The number of phenols is 2. The van der Waals surface area contributed by atoms with E-state index in [1.807, 2.05) is 26.1 Å². The zero-order chi connectivity index (χ0) is 14.4. The molecule has 5 nitrogen and oxygen atoms in total. The lowest BCUT2D eigenvalue weighted by molar-refractivity contribution is 0.101. The molecule has 2 heterocycles. The van der Waals surface area contributed by atoms with Gasteiger partial charge in [-0.25, -0.2) is 0 Å². The van der Waals surface area contributed by atoms with Crippen LogP contribution in [0.4, 0.5) is 0 Å². The third-order valence-electron chi connectivity index (χ3n) is 3.18. The van der Waals surface area contributed by atoms with Gasteiger partial charge in [0.2, 0.25) is 5.78 Å². The van der Waals surface area contributed by atoms with Crippen LogP contribution < -0.4 is 4.74 Å². The lowest BCUT2D eigenvalue weighted by atomic mass is 10.1. The molecular weight excluding hydrogens is 258 g/mol. The third kappa shape index (κ3) is 1.84. The van der Waals surface area contributed by atoms with Crippen LogP contribution in [0, 0.1) is 13.8 Å². The number of carbonyl (C=O) groups is 1. The quantitative estimate of drug-likeness (QED) is 0.782. The number of phenolic OH excluding ortho intramolecular Hbond substituents is 2. The van der Waals surface area contributed by atoms with E-state index in [9.17, 15) is 15.0 Å². The van der Waals surface area contributed by atoms with Crippen molar-refractivity contribution < 1.29 is 19.7 Å². The molecule has 0 fully saturated rings. The first kappa shape index (κ1) is 12.3. The maximum absolute atomic E-state index is 12.2. The molecule has 20 heavy (non-hydrogen) atoms. The molecule has 2 N–H and O–H groups in total. The SMILES string of the molecule is Cc1cc(C)n(/C=C2\Oc3cc(O)cc(O)c3C2=O)c1. The summed E-state index contributed by atoms with van der Waals surface area (Å²) in [5.74, 6) is -0.555. The number of ether oxygens (including phenoxy) is 1. The molecule has 1 aromatic heterocycles. The van der Waals surface area contributed by atoms with E-state index in [0.717, 1.165) is 17.3 Å². The fraction of sp³-hybridized carbons (Fsp3) is 0.133. The van der Waals surface area contributed by atoms with Crippen LogP contribution >= 0.6 is 0 Å². The predicted molar refractivity (Wildman–Crippen MR) is 72.9 cm³/mol. The number of aromatic nitrogens is 1. The molecule has 0 radical (unpaired) electrons. The van der Waals surface area contributed by atoms with Crippen molar-refractivity contribution in [2.24, 2.45) is 0 Å². The van der Waals surface area contributed by atoms with Gasteiger partial charge in [0.25, 0.3) is 0 Å². The van der Waals surface area contributed by atoms with Crippen molar-refractivity contribution in [1.82, 2.24) is 4.57 Å². The molecule has 102 valence electrons.